The summed E-state index contributed by atoms with van der Waals surface area (Å²) in [6.07, 6.45) is 9.28. The van der Waals surface area contributed by atoms with E-state index in [4.69, 9.17) is 0 Å². The van der Waals surface area contributed by atoms with Gasteiger partial charge in [-0.15, -0.1) is 0 Å². The molecule has 0 aromatic carbocycles. The Hall–Kier alpha value is -0.870. The van der Waals surface area contributed by atoms with Crippen molar-refractivity contribution in [2.24, 2.45) is 11.8 Å². The van der Waals surface area contributed by atoms with Crippen molar-refractivity contribution in [2.45, 2.75) is 66.2 Å². The summed E-state index contributed by atoms with van der Waals surface area (Å²) in [5, 5.41) is 0. The number of likely N-dealkylation sites (N-methyl/N-ethyl adjacent to an activating group) is 1. The molecule has 0 bridgehead atoms. The maximum absolute atomic E-state index is 12.5. The molecule has 4 nitrogen and oxygen atoms in total. The average molecular weight is 378 g/mol. The van der Waals surface area contributed by atoms with Gasteiger partial charge in [-0.3, -0.25) is 4.79 Å². The van der Waals surface area contributed by atoms with Crippen molar-refractivity contribution >= 4 is 5.91 Å². The van der Waals surface area contributed by atoms with Gasteiger partial charge < -0.3 is 14.7 Å². The molecule has 0 N–H and O–H groups in total. The first-order valence-corrected chi connectivity index (χ1v) is 11.3. The molecule has 4 heteroatoms. The van der Waals surface area contributed by atoms with Gasteiger partial charge >= 0.3 is 0 Å². The minimum Gasteiger partial charge on any atom is -0.340 e. The molecule has 0 radical (unpaired) electrons. The summed E-state index contributed by atoms with van der Waals surface area (Å²) in [5.41, 5.74) is 1.44. The summed E-state index contributed by atoms with van der Waals surface area (Å²) in [6, 6.07) is 0. The van der Waals surface area contributed by atoms with Crippen LogP contribution in [0.25, 0.3) is 0 Å². The van der Waals surface area contributed by atoms with E-state index in [0.717, 1.165) is 57.4 Å². The second-order valence-electron chi connectivity index (χ2n) is 9.06. The number of nitrogens with zero attached hydrogens (tertiary/aromatic N) is 3. The zero-order valence-corrected chi connectivity index (χ0v) is 18.4. The first kappa shape index (κ1) is 22.4. The second kappa shape index (κ2) is 11.9. The van der Waals surface area contributed by atoms with Gasteiger partial charge in [-0.2, -0.15) is 0 Å². The lowest BCUT2D eigenvalue weighted by Gasteiger charge is -2.35. The van der Waals surface area contributed by atoms with Crippen LogP contribution in [0.4, 0.5) is 0 Å². The third-order valence-corrected chi connectivity index (χ3v) is 6.43. The van der Waals surface area contributed by atoms with Crippen LogP contribution in [-0.2, 0) is 4.79 Å². The quantitative estimate of drug-likeness (QED) is 0.568. The Morgan fingerprint density at radius 3 is 2.30 bits per heavy atom. The maximum atomic E-state index is 12.5. The Kier molecular flexibility index (Phi) is 9.84. The molecule has 2 aliphatic heterocycles. The molecule has 2 rings (SSSR count). The number of likely N-dealkylation sites (tertiary alicyclic amines) is 1. The second-order valence-corrected chi connectivity index (χ2v) is 9.06. The van der Waals surface area contributed by atoms with Crippen LogP contribution in [0, 0.1) is 11.8 Å². The monoisotopic (exact) mass is 377 g/mol. The lowest BCUT2D eigenvalue weighted by molar-refractivity contribution is -0.133. The van der Waals surface area contributed by atoms with Gasteiger partial charge in [0.25, 0.3) is 0 Å². The molecular formula is C23H43N3O. The molecule has 2 aliphatic rings. The van der Waals surface area contributed by atoms with E-state index in [0.29, 0.717) is 5.91 Å². The number of carbonyl (C=O) groups is 1. The number of piperidine rings is 1. The number of carbonyl (C=O) groups excluding carboxylic acids is 1. The van der Waals surface area contributed by atoms with Gasteiger partial charge in [-0.25, -0.2) is 0 Å². The van der Waals surface area contributed by atoms with Gasteiger partial charge in [0.05, 0.1) is 0 Å². The minimum absolute atomic E-state index is 0.390. The molecule has 0 spiro atoms. The predicted molar refractivity (Wildman–Crippen MR) is 115 cm³/mol. The molecule has 0 aromatic heterocycles. The first-order chi connectivity index (χ1) is 13.0. The molecule has 1 amide bonds. The smallest absolute Gasteiger partial charge is 0.222 e. The van der Waals surface area contributed by atoms with E-state index >= 15 is 0 Å². The number of allylic oxidation sites excluding steroid dienone is 2. The zero-order valence-electron chi connectivity index (χ0n) is 18.4. The van der Waals surface area contributed by atoms with Crippen molar-refractivity contribution < 1.29 is 4.79 Å². The van der Waals surface area contributed by atoms with Crippen LogP contribution in [0.15, 0.2) is 11.6 Å². The van der Waals surface area contributed by atoms with Crippen LogP contribution in [0.1, 0.15) is 66.2 Å². The molecule has 156 valence electrons. The standard InChI is InChI=1S/C23H43N3O/c1-5-24-15-17-26(18-16-24)23(27)10-9-22-11-13-25(14-12-22)19-21(4)8-6-7-20(2)3/h7,21-22H,5-6,8-19H2,1-4H3/t21-/m1/s1. The topological polar surface area (TPSA) is 26.8 Å². The highest BCUT2D eigenvalue weighted by Crippen LogP contribution is 2.23. The van der Waals surface area contributed by atoms with Crippen LogP contribution < -0.4 is 0 Å². The third-order valence-electron chi connectivity index (χ3n) is 6.43. The predicted octanol–water partition coefficient (Wildman–Crippen LogP) is 4.03. The Morgan fingerprint density at radius 1 is 1.04 bits per heavy atom. The zero-order chi connectivity index (χ0) is 19.6. The van der Waals surface area contributed by atoms with Crippen LogP contribution in [0.5, 0.6) is 0 Å². The van der Waals surface area contributed by atoms with Crippen molar-refractivity contribution in [1.29, 1.82) is 0 Å². The van der Waals surface area contributed by atoms with Crippen molar-refractivity contribution in [3.63, 3.8) is 0 Å². The van der Waals surface area contributed by atoms with Gasteiger partial charge in [0.2, 0.25) is 5.91 Å². The molecule has 27 heavy (non-hydrogen) atoms. The highest BCUT2D eigenvalue weighted by atomic mass is 16.2. The SMILES string of the molecule is CCN1CCN(C(=O)CCC2CCN(C[C@H](C)CCC=C(C)C)CC2)CC1. The van der Waals surface area contributed by atoms with Crippen molar-refractivity contribution in [2.75, 3.05) is 52.4 Å². The number of amides is 1. The van der Waals surface area contributed by atoms with Gasteiger partial charge in [-0.1, -0.05) is 25.5 Å². The molecule has 2 saturated heterocycles. The van der Waals surface area contributed by atoms with Crippen molar-refractivity contribution in [3.8, 4) is 0 Å². The van der Waals surface area contributed by atoms with E-state index in [1.807, 2.05) is 0 Å². The molecular weight excluding hydrogens is 334 g/mol. The van der Waals surface area contributed by atoms with E-state index in [-0.39, 0.29) is 0 Å². The van der Waals surface area contributed by atoms with Gasteiger partial charge in [-0.05, 0) is 77.4 Å². The number of hydrogen-bond acceptors (Lipinski definition) is 3. The normalized spacial score (nSPS) is 21.3. The summed E-state index contributed by atoms with van der Waals surface area (Å²) in [5.74, 6) is 1.92. The number of piperazine rings is 1. The van der Waals surface area contributed by atoms with E-state index in [1.54, 1.807) is 0 Å². The summed E-state index contributed by atoms with van der Waals surface area (Å²) in [4.78, 5) is 19.7. The maximum Gasteiger partial charge on any atom is 0.222 e. The van der Waals surface area contributed by atoms with E-state index in [1.165, 1.54) is 50.9 Å². The first-order valence-electron chi connectivity index (χ1n) is 11.3. The minimum atomic E-state index is 0.390. The molecule has 2 heterocycles. The van der Waals surface area contributed by atoms with Crippen LogP contribution in [0.3, 0.4) is 0 Å². The average Bonchev–Trinajstić information content (AvgIpc) is 2.67. The van der Waals surface area contributed by atoms with Crippen LogP contribution in [-0.4, -0.2) is 73.0 Å². The molecule has 0 unspecified atom stereocenters. The summed E-state index contributed by atoms with van der Waals surface area (Å²) >= 11 is 0. The molecule has 1 atom stereocenters. The highest BCUT2D eigenvalue weighted by Gasteiger charge is 2.23. The third kappa shape index (κ3) is 8.35. The Balaban J connectivity index is 1.58. The fraction of sp³-hybridized carbons (Fsp3) is 0.870. The van der Waals surface area contributed by atoms with Gasteiger partial charge in [0.15, 0.2) is 0 Å². The van der Waals surface area contributed by atoms with E-state index in [9.17, 15) is 4.79 Å². The Morgan fingerprint density at radius 2 is 1.70 bits per heavy atom. The van der Waals surface area contributed by atoms with E-state index in [2.05, 4.69) is 48.5 Å². The molecule has 0 aromatic rings. The summed E-state index contributed by atoms with van der Waals surface area (Å²) in [7, 11) is 0. The van der Waals surface area contributed by atoms with Crippen LogP contribution in [0.2, 0.25) is 0 Å². The summed E-state index contributed by atoms with van der Waals surface area (Å²) < 4.78 is 0. The molecule has 0 saturated carbocycles. The lowest BCUT2D eigenvalue weighted by Crippen LogP contribution is -2.48. The van der Waals surface area contributed by atoms with Crippen molar-refractivity contribution in [1.82, 2.24) is 14.7 Å². The number of hydrogen-bond donors (Lipinski definition) is 0. The Labute approximate surface area is 168 Å². The van der Waals surface area contributed by atoms with Gasteiger partial charge in [0.1, 0.15) is 0 Å². The van der Waals surface area contributed by atoms with Crippen LogP contribution >= 0.6 is 0 Å². The number of rotatable bonds is 9. The fourth-order valence-corrected chi connectivity index (χ4v) is 4.45. The highest BCUT2D eigenvalue weighted by molar-refractivity contribution is 5.76. The largest absolute Gasteiger partial charge is 0.340 e. The molecule has 2 fully saturated rings. The van der Waals surface area contributed by atoms with Crippen molar-refractivity contribution in [3.05, 3.63) is 11.6 Å². The fourth-order valence-electron chi connectivity index (χ4n) is 4.45. The van der Waals surface area contributed by atoms with E-state index < -0.39 is 0 Å². The Bertz CT molecular complexity index is 456. The molecule has 0 aliphatic carbocycles. The summed E-state index contributed by atoms with van der Waals surface area (Å²) in [6.45, 7) is 17.7. The van der Waals surface area contributed by atoms with Gasteiger partial charge in [0, 0.05) is 39.1 Å². The lowest BCUT2D eigenvalue weighted by atomic mass is 9.91.